The molecule has 1 atom stereocenters. The number of aliphatic hydroxyl groups is 1. The zero-order valence-electron chi connectivity index (χ0n) is 21.6. The first kappa shape index (κ1) is 26.6. The first-order valence-corrected chi connectivity index (χ1v) is 12.6. The monoisotopic (exact) mass is 514 g/mol. The number of amides is 1. The van der Waals surface area contributed by atoms with Crippen molar-refractivity contribution in [1.29, 1.82) is 0 Å². The van der Waals surface area contributed by atoms with Crippen LogP contribution < -0.4 is 9.64 Å². The van der Waals surface area contributed by atoms with E-state index in [0.29, 0.717) is 41.5 Å². The van der Waals surface area contributed by atoms with Crippen LogP contribution in [-0.2, 0) is 25.5 Å². The van der Waals surface area contributed by atoms with Gasteiger partial charge in [0.2, 0.25) is 0 Å². The lowest BCUT2D eigenvalue weighted by Crippen LogP contribution is -2.29. The van der Waals surface area contributed by atoms with Crippen LogP contribution in [0.25, 0.3) is 5.76 Å². The standard InChI is InChI=1S/C30H30N2O6/c1-4-16-38-24-14-11-21(17-19(24)3)28(34)26-27(23-8-6-7-15-31-23)32(30(36)29(26)35)22-12-9-20(10-13-22)18-25(33)37-5-2/h6-15,17,27,34H,4-5,16,18H2,1-3H3/b28-26-. The molecule has 196 valence electrons. The van der Waals surface area contributed by atoms with Gasteiger partial charge < -0.3 is 14.6 Å². The highest BCUT2D eigenvalue weighted by Crippen LogP contribution is 2.41. The predicted molar refractivity (Wildman–Crippen MR) is 143 cm³/mol. The van der Waals surface area contributed by atoms with E-state index < -0.39 is 17.7 Å². The molecule has 8 heteroatoms. The summed E-state index contributed by atoms with van der Waals surface area (Å²) in [6.07, 6.45) is 2.52. The van der Waals surface area contributed by atoms with E-state index in [2.05, 4.69) is 4.98 Å². The molecule has 38 heavy (non-hydrogen) atoms. The molecule has 1 aromatic heterocycles. The SMILES string of the molecule is CCCOc1ccc(/C(O)=C2/C(=O)C(=O)N(c3ccc(CC(=O)OCC)cc3)C2c2ccccn2)cc1C. The van der Waals surface area contributed by atoms with Gasteiger partial charge in [-0.1, -0.05) is 25.1 Å². The molecule has 0 spiro atoms. The third-order valence-corrected chi connectivity index (χ3v) is 6.19. The summed E-state index contributed by atoms with van der Waals surface area (Å²) in [5, 5.41) is 11.3. The molecule has 0 aliphatic carbocycles. The van der Waals surface area contributed by atoms with Gasteiger partial charge in [0.1, 0.15) is 17.6 Å². The Balaban J connectivity index is 1.76. The van der Waals surface area contributed by atoms with Gasteiger partial charge >= 0.3 is 5.97 Å². The van der Waals surface area contributed by atoms with Crippen molar-refractivity contribution in [3.63, 3.8) is 0 Å². The van der Waals surface area contributed by atoms with Crippen LogP contribution in [0, 0.1) is 6.92 Å². The van der Waals surface area contributed by atoms with Gasteiger partial charge in [0.15, 0.2) is 0 Å². The summed E-state index contributed by atoms with van der Waals surface area (Å²) in [6, 6.07) is 16.1. The zero-order chi connectivity index (χ0) is 27.2. The molecular formula is C30H30N2O6. The molecular weight excluding hydrogens is 484 g/mol. The molecule has 0 bridgehead atoms. The van der Waals surface area contributed by atoms with E-state index in [1.165, 1.54) is 4.90 Å². The van der Waals surface area contributed by atoms with Crippen molar-refractivity contribution in [2.45, 2.75) is 39.7 Å². The topological polar surface area (TPSA) is 106 Å². The normalized spacial score (nSPS) is 16.5. The number of benzene rings is 2. The van der Waals surface area contributed by atoms with Gasteiger partial charge in [-0.3, -0.25) is 24.3 Å². The Kier molecular flexibility index (Phi) is 8.21. The summed E-state index contributed by atoms with van der Waals surface area (Å²) in [4.78, 5) is 44.3. The van der Waals surface area contributed by atoms with Gasteiger partial charge in [-0.15, -0.1) is 0 Å². The first-order valence-electron chi connectivity index (χ1n) is 12.6. The fourth-order valence-electron chi connectivity index (χ4n) is 4.40. The molecule has 8 nitrogen and oxygen atoms in total. The number of esters is 1. The van der Waals surface area contributed by atoms with E-state index >= 15 is 0 Å². The molecule has 1 unspecified atom stereocenters. The van der Waals surface area contributed by atoms with Gasteiger partial charge in [-0.25, -0.2) is 0 Å². The van der Waals surface area contributed by atoms with Crippen molar-refractivity contribution in [3.05, 3.63) is 94.8 Å². The Hall–Kier alpha value is -4.46. The number of Topliss-reactive ketones (excluding diaryl/α,β-unsaturated/α-hetero) is 1. The highest BCUT2D eigenvalue weighted by molar-refractivity contribution is 6.51. The quantitative estimate of drug-likeness (QED) is 0.187. The Morgan fingerprint density at radius 3 is 2.45 bits per heavy atom. The summed E-state index contributed by atoms with van der Waals surface area (Å²) in [7, 11) is 0. The molecule has 1 N–H and O–H groups in total. The van der Waals surface area contributed by atoms with Crippen molar-refractivity contribution < 1.29 is 29.0 Å². The molecule has 1 saturated heterocycles. The number of aliphatic hydroxyl groups excluding tert-OH is 1. The lowest BCUT2D eigenvalue weighted by atomic mass is 9.97. The second kappa shape index (κ2) is 11.7. The lowest BCUT2D eigenvalue weighted by molar-refractivity contribution is -0.142. The van der Waals surface area contributed by atoms with E-state index in [1.54, 1.807) is 73.8 Å². The van der Waals surface area contributed by atoms with Gasteiger partial charge in [0.25, 0.3) is 11.7 Å². The molecule has 0 radical (unpaired) electrons. The van der Waals surface area contributed by atoms with Crippen molar-refractivity contribution in [2.24, 2.45) is 0 Å². The minimum Gasteiger partial charge on any atom is -0.507 e. The Labute approximate surface area is 221 Å². The highest BCUT2D eigenvalue weighted by Gasteiger charge is 2.47. The van der Waals surface area contributed by atoms with Gasteiger partial charge in [-0.05, 0) is 73.9 Å². The number of rotatable bonds is 9. The van der Waals surface area contributed by atoms with Gasteiger partial charge in [0.05, 0.1) is 30.9 Å². The number of hydrogen-bond acceptors (Lipinski definition) is 7. The fourth-order valence-corrected chi connectivity index (χ4v) is 4.40. The summed E-state index contributed by atoms with van der Waals surface area (Å²) in [5.74, 6) is -1.54. The molecule has 4 rings (SSSR count). The second-order valence-corrected chi connectivity index (χ2v) is 8.90. The van der Waals surface area contributed by atoms with Crippen LogP contribution in [0.5, 0.6) is 5.75 Å². The number of aromatic nitrogens is 1. The van der Waals surface area contributed by atoms with Crippen molar-refractivity contribution in [2.75, 3.05) is 18.1 Å². The fraction of sp³-hybridized carbons (Fsp3) is 0.267. The van der Waals surface area contributed by atoms with Crippen molar-refractivity contribution >= 4 is 29.1 Å². The third kappa shape index (κ3) is 5.44. The lowest BCUT2D eigenvalue weighted by Gasteiger charge is -2.24. The van der Waals surface area contributed by atoms with Gasteiger partial charge in [0, 0.05) is 17.4 Å². The van der Waals surface area contributed by atoms with Crippen LogP contribution in [0.1, 0.15) is 48.7 Å². The molecule has 1 amide bonds. The summed E-state index contributed by atoms with van der Waals surface area (Å²) in [5.41, 5.74) is 2.72. The molecule has 1 aliphatic rings. The number of carbonyl (C=O) groups is 3. The van der Waals surface area contributed by atoms with Crippen LogP contribution >= 0.6 is 0 Å². The summed E-state index contributed by atoms with van der Waals surface area (Å²) in [6.45, 7) is 6.47. The average Bonchev–Trinajstić information content (AvgIpc) is 3.18. The van der Waals surface area contributed by atoms with Gasteiger partial charge in [-0.2, -0.15) is 0 Å². The smallest absolute Gasteiger partial charge is 0.310 e. The number of carbonyl (C=O) groups excluding carboxylic acids is 3. The summed E-state index contributed by atoms with van der Waals surface area (Å²) >= 11 is 0. The number of hydrogen-bond donors (Lipinski definition) is 1. The van der Waals surface area contributed by atoms with Crippen LogP contribution in [0.4, 0.5) is 5.69 Å². The van der Waals surface area contributed by atoms with E-state index in [4.69, 9.17) is 9.47 Å². The molecule has 3 aromatic rings. The maximum atomic E-state index is 13.3. The average molecular weight is 515 g/mol. The number of nitrogens with zero attached hydrogens (tertiary/aromatic N) is 2. The molecule has 1 aliphatic heterocycles. The largest absolute Gasteiger partial charge is 0.507 e. The van der Waals surface area contributed by atoms with E-state index in [-0.39, 0.29) is 23.7 Å². The number of aryl methyl sites for hydroxylation is 1. The van der Waals surface area contributed by atoms with E-state index in [9.17, 15) is 19.5 Å². The van der Waals surface area contributed by atoms with E-state index in [0.717, 1.165) is 12.0 Å². The van der Waals surface area contributed by atoms with Crippen LogP contribution in [0.3, 0.4) is 0 Å². The first-order chi connectivity index (χ1) is 18.3. The summed E-state index contributed by atoms with van der Waals surface area (Å²) < 4.78 is 10.7. The third-order valence-electron chi connectivity index (χ3n) is 6.19. The Morgan fingerprint density at radius 2 is 1.82 bits per heavy atom. The molecule has 2 heterocycles. The van der Waals surface area contributed by atoms with Crippen molar-refractivity contribution in [1.82, 2.24) is 4.98 Å². The Morgan fingerprint density at radius 1 is 1.05 bits per heavy atom. The van der Waals surface area contributed by atoms with Crippen LogP contribution in [-0.4, -0.2) is 41.0 Å². The molecule has 1 fully saturated rings. The number of pyridine rings is 1. The van der Waals surface area contributed by atoms with Crippen LogP contribution in [0.2, 0.25) is 0 Å². The minimum absolute atomic E-state index is 0.0501. The molecule has 2 aromatic carbocycles. The second-order valence-electron chi connectivity index (χ2n) is 8.90. The molecule has 0 saturated carbocycles. The maximum Gasteiger partial charge on any atom is 0.310 e. The maximum absolute atomic E-state index is 13.3. The predicted octanol–water partition coefficient (Wildman–Crippen LogP) is 4.91. The van der Waals surface area contributed by atoms with Crippen molar-refractivity contribution in [3.8, 4) is 5.75 Å². The number of ketones is 1. The number of ether oxygens (including phenoxy) is 2. The van der Waals surface area contributed by atoms with Crippen LogP contribution in [0.15, 0.2) is 72.4 Å². The van der Waals surface area contributed by atoms with E-state index in [1.807, 2.05) is 13.8 Å². The zero-order valence-corrected chi connectivity index (χ0v) is 21.6. The minimum atomic E-state index is -0.941. The Bertz CT molecular complexity index is 1370. The number of anilines is 1. The highest BCUT2D eigenvalue weighted by atomic mass is 16.5.